The molecule has 2 rings (SSSR count). The van der Waals surface area contributed by atoms with Crippen molar-refractivity contribution in [1.29, 1.82) is 0 Å². The molecule has 0 amide bonds. The van der Waals surface area contributed by atoms with Crippen molar-refractivity contribution in [2.24, 2.45) is 5.92 Å². The van der Waals surface area contributed by atoms with E-state index in [0.29, 0.717) is 25.3 Å². The minimum atomic E-state index is -5.88. The SMILES string of the molecule is C=C1CC(F)(F)[C@@H](O)C/C(S(=O)(=O)C(F)(F)F)=C\C=C1[C@@H]1CCC[C@@H](O)C1. The van der Waals surface area contributed by atoms with Gasteiger partial charge in [-0.15, -0.1) is 0 Å². The molecule has 0 aromatic heterocycles. The van der Waals surface area contributed by atoms with Crippen LogP contribution in [0.2, 0.25) is 0 Å². The molecule has 3 atom stereocenters. The maximum absolute atomic E-state index is 14.3. The van der Waals surface area contributed by atoms with Gasteiger partial charge in [0.05, 0.1) is 11.0 Å². The summed E-state index contributed by atoms with van der Waals surface area (Å²) in [5.41, 5.74) is -5.59. The number of alkyl halides is 5. The van der Waals surface area contributed by atoms with E-state index in [0.717, 1.165) is 6.08 Å². The predicted octanol–water partition coefficient (Wildman–Crippen LogP) is 3.63. The van der Waals surface area contributed by atoms with Crippen molar-refractivity contribution in [2.75, 3.05) is 0 Å². The second kappa shape index (κ2) is 7.63. The molecule has 2 N–H and O–H groups in total. The molecule has 0 spiro atoms. The van der Waals surface area contributed by atoms with Crippen molar-refractivity contribution >= 4 is 9.84 Å². The van der Waals surface area contributed by atoms with E-state index in [9.17, 15) is 40.6 Å². The largest absolute Gasteiger partial charge is 0.501 e. The Hall–Kier alpha value is -1.26. The van der Waals surface area contributed by atoms with Gasteiger partial charge >= 0.3 is 5.51 Å². The van der Waals surface area contributed by atoms with Crippen LogP contribution < -0.4 is 0 Å². The zero-order valence-corrected chi connectivity index (χ0v) is 15.2. The Morgan fingerprint density at radius 1 is 1.15 bits per heavy atom. The van der Waals surface area contributed by atoms with Gasteiger partial charge in [0.15, 0.2) is 0 Å². The van der Waals surface area contributed by atoms with Crippen molar-refractivity contribution < 1.29 is 40.6 Å². The molecule has 154 valence electrons. The van der Waals surface area contributed by atoms with Crippen LogP contribution in [-0.2, 0) is 9.84 Å². The Morgan fingerprint density at radius 2 is 1.78 bits per heavy atom. The lowest BCUT2D eigenvalue weighted by Gasteiger charge is -2.30. The lowest BCUT2D eigenvalue weighted by Crippen LogP contribution is -2.36. The lowest BCUT2D eigenvalue weighted by atomic mass is 9.78. The highest BCUT2D eigenvalue weighted by atomic mass is 32.2. The van der Waals surface area contributed by atoms with Gasteiger partial charge in [0.1, 0.15) is 6.10 Å². The van der Waals surface area contributed by atoms with E-state index in [1.165, 1.54) is 0 Å². The number of sulfone groups is 1. The molecule has 0 bridgehead atoms. The Balaban J connectivity index is 2.55. The normalized spacial score (nSPS) is 32.6. The van der Waals surface area contributed by atoms with E-state index in [1.54, 1.807) is 0 Å². The van der Waals surface area contributed by atoms with Gasteiger partial charge in [-0.3, -0.25) is 0 Å². The van der Waals surface area contributed by atoms with Crippen LogP contribution in [0.4, 0.5) is 22.0 Å². The monoisotopic (exact) mass is 416 g/mol. The van der Waals surface area contributed by atoms with Gasteiger partial charge < -0.3 is 10.2 Å². The maximum Gasteiger partial charge on any atom is 0.501 e. The molecule has 0 saturated heterocycles. The van der Waals surface area contributed by atoms with Crippen molar-refractivity contribution in [3.63, 3.8) is 0 Å². The van der Waals surface area contributed by atoms with Crippen LogP contribution >= 0.6 is 0 Å². The highest BCUT2D eigenvalue weighted by Crippen LogP contribution is 2.41. The fourth-order valence-electron chi connectivity index (χ4n) is 3.43. The summed E-state index contributed by atoms with van der Waals surface area (Å²) in [5, 5.41) is 19.5. The van der Waals surface area contributed by atoms with Crippen LogP contribution in [0.5, 0.6) is 0 Å². The summed E-state index contributed by atoms with van der Waals surface area (Å²) < 4.78 is 90.6. The predicted molar refractivity (Wildman–Crippen MR) is 88.4 cm³/mol. The molecule has 10 heteroatoms. The van der Waals surface area contributed by atoms with Gasteiger partial charge in [0.25, 0.3) is 15.8 Å². The molecule has 0 aromatic rings. The summed E-state index contributed by atoms with van der Waals surface area (Å²) in [7, 11) is -5.88. The summed E-state index contributed by atoms with van der Waals surface area (Å²) in [6.07, 6.45) is -2.16. The number of aliphatic hydroxyl groups is 2. The maximum atomic E-state index is 14.3. The zero-order valence-electron chi connectivity index (χ0n) is 14.3. The average molecular weight is 416 g/mol. The summed E-state index contributed by atoms with van der Waals surface area (Å²) in [6.45, 7) is 3.56. The summed E-state index contributed by atoms with van der Waals surface area (Å²) >= 11 is 0. The van der Waals surface area contributed by atoms with Crippen molar-refractivity contribution in [1.82, 2.24) is 0 Å². The van der Waals surface area contributed by atoms with E-state index in [4.69, 9.17) is 0 Å². The summed E-state index contributed by atoms with van der Waals surface area (Å²) in [4.78, 5) is -1.33. The number of halogens is 5. The van der Waals surface area contributed by atoms with Crippen LogP contribution in [-0.4, -0.2) is 42.3 Å². The first-order valence-corrected chi connectivity index (χ1v) is 9.88. The van der Waals surface area contributed by atoms with E-state index in [-0.39, 0.29) is 17.6 Å². The fraction of sp³-hybridized carbons (Fsp3) is 0.647. The highest BCUT2D eigenvalue weighted by Gasteiger charge is 2.50. The highest BCUT2D eigenvalue weighted by molar-refractivity contribution is 7.96. The molecule has 2 aliphatic rings. The topological polar surface area (TPSA) is 74.6 Å². The fourth-order valence-corrected chi connectivity index (χ4v) is 4.35. The van der Waals surface area contributed by atoms with Gasteiger partial charge in [-0.25, -0.2) is 17.2 Å². The van der Waals surface area contributed by atoms with Crippen LogP contribution in [0.15, 0.2) is 34.8 Å². The Morgan fingerprint density at radius 3 is 2.33 bits per heavy atom. The second-order valence-electron chi connectivity index (χ2n) is 6.98. The first-order chi connectivity index (χ1) is 12.3. The molecule has 0 aromatic carbocycles. The Kier molecular flexibility index (Phi) is 6.23. The van der Waals surface area contributed by atoms with Gasteiger partial charge in [0, 0.05) is 12.8 Å². The number of allylic oxidation sites excluding steroid dienone is 4. The number of hydrogen-bond acceptors (Lipinski definition) is 4. The standard InChI is InChI=1S/C17H21F5O4S/c1-10-9-16(18,19)15(24)8-13(27(25,26)17(20,21)22)5-6-14(10)11-3-2-4-12(23)7-11/h5-6,11-12,15,23-24H,1-4,7-9H2/b13-5+,14-6?/t11-,12-,15+/m1/s1. The Bertz CT molecular complexity index is 752. The molecule has 0 radical (unpaired) electrons. The van der Waals surface area contributed by atoms with E-state index in [1.807, 2.05) is 0 Å². The molecular weight excluding hydrogens is 395 g/mol. The minimum absolute atomic E-state index is 0.0972. The number of hydrogen-bond donors (Lipinski definition) is 2. The first-order valence-electron chi connectivity index (χ1n) is 8.40. The number of aliphatic hydroxyl groups excluding tert-OH is 2. The van der Waals surface area contributed by atoms with Gasteiger partial charge in [-0.2, -0.15) is 13.2 Å². The molecule has 0 heterocycles. The van der Waals surface area contributed by atoms with Crippen molar-refractivity contribution in [2.45, 2.75) is 62.2 Å². The average Bonchev–Trinajstić information content (AvgIpc) is 2.55. The van der Waals surface area contributed by atoms with E-state index >= 15 is 0 Å². The summed E-state index contributed by atoms with van der Waals surface area (Å²) in [6, 6.07) is 0. The van der Waals surface area contributed by atoms with Crippen molar-refractivity contribution in [3.8, 4) is 0 Å². The third-order valence-electron chi connectivity index (χ3n) is 4.92. The van der Waals surface area contributed by atoms with Crippen LogP contribution in [0.3, 0.4) is 0 Å². The van der Waals surface area contributed by atoms with Crippen molar-refractivity contribution in [3.05, 3.63) is 34.8 Å². The van der Waals surface area contributed by atoms with Gasteiger partial charge in [0.2, 0.25) is 0 Å². The smallest absolute Gasteiger partial charge is 0.393 e. The van der Waals surface area contributed by atoms with Gasteiger partial charge in [-0.1, -0.05) is 19.1 Å². The molecule has 1 saturated carbocycles. The van der Waals surface area contributed by atoms with Crippen LogP contribution in [0.1, 0.15) is 38.5 Å². The van der Waals surface area contributed by atoms with Crippen LogP contribution in [0.25, 0.3) is 0 Å². The lowest BCUT2D eigenvalue weighted by molar-refractivity contribution is -0.105. The van der Waals surface area contributed by atoms with E-state index in [2.05, 4.69) is 6.58 Å². The van der Waals surface area contributed by atoms with Crippen LogP contribution in [0, 0.1) is 5.92 Å². The van der Waals surface area contributed by atoms with Gasteiger partial charge in [-0.05, 0) is 42.4 Å². The molecule has 27 heavy (non-hydrogen) atoms. The third-order valence-corrected chi connectivity index (χ3v) is 6.53. The number of rotatable bonds is 2. The Labute approximate surface area is 154 Å². The second-order valence-corrected chi connectivity index (χ2v) is 8.98. The molecular formula is C17H21F5O4S. The zero-order chi connectivity index (χ0) is 20.6. The molecule has 1 fully saturated rings. The first kappa shape index (κ1) is 22.0. The molecule has 2 aliphatic carbocycles. The minimum Gasteiger partial charge on any atom is -0.393 e. The summed E-state index contributed by atoms with van der Waals surface area (Å²) in [5.74, 6) is -4.29. The quantitative estimate of drug-likeness (QED) is 0.675. The van der Waals surface area contributed by atoms with E-state index < -0.39 is 57.1 Å². The third kappa shape index (κ3) is 4.78. The molecule has 4 nitrogen and oxygen atoms in total. The molecule has 0 aliphatic heterocycles. The molecule has 0 unspecified atom stereocenters.